The van der Waals surface area contributed by atoms with Crippen LogP contribution in [0, 0.1) is 0 Å². The first-order valence-corrected chi connectivity index (χ1v) is 5.79. The molecular formula is C11H13FN4O3. The van der Waals surface area contributed by atoms with E-state index in [0.717, 1.165) is 0 Å². The van der Waals surface area contributed by atoms with E-state index >= 15 is 0 Å². The van der Waals surface area contributed by atoms with Crippen molar-refractivity contribution in [1.82, 2.24) is 14.5 Å². The summed E-state index contributed by atoms with van der Waals surface area (Å²) in [6.45, 7) is -0.495. The molecule has 102 valence electrons. The average molecular weight is 268 g/mol. The van der Waals surface area contributed by atoms with E-state index in [2.05, 4.69) is 9.97 Å². The predicted octanol–water partition coefficient (Wildman–Crippen LogP) is -0.398. The number of hydrogen-bond donors (Lipinski definition) is 3. The summed E-state index contributed by atoms with van der Waals surface area (Å²) in [7, 11) is 0. The van der Waals surface area contributed by atoms with Crippen LogP contribution in [0.25, 0.3) is 11.0 Å². The van der Waals surface area contributed by atoms with Crippen molar-refractivity contribution in [2.45, 2.75) is 24.6 Å². The van der Waals surface area contributed by atoms with E-state index in [1.54, 1.807) is 6.07 Å². The van der Waals surface area contributed by atoms with Crippen molar-refractivity contribution in [2.75, 3.05) is 12.3 Å². The normalized spacial score (nSPS) is 31.1. The molecule has 4 atom stereocenters. The van der Waals surface area contributed by atoms with Crippen LogP contribution in [0.15, 0.2) is 18.6 Å². The molecule has 0 amide bonds. The number of nitrogens with zero attached hydrogens (tertiary/aromatic N) is 3. The summed E-state index contributed by atoms with van der Waals surface area (Å²) in [4.78, 5) is 7.97. The lowest BCUT2D eigenvalue weighted by Crippen LogP contribution is -2.29. The maximum atomic E-state index is 13.7. The van der Waals surface area contributed by atoms with Crippen LogP contribution in [0.2, 0.25) is 0 Å². The van der Waals surface area contributed by atoms with E-state index in [-0.39, 0.29) is 5.82 Å². The first-order chi connectivity index (χ1) is 9.13. The van der Waals surface area contributed by atoms with Crippen molar-refractivity contribution < 1.29 is 19.3 Å². The largest absolute Gasteiger partial charge is 0.394 e. The summed E-state index contributed by atoms with van der Waals surface area (Å²) in [6, 6.07) is 1.65. The Balaban J connectivity index is 2.04. The Bertz CT molecular complexity index is 605. The number of aliphatic hydroxyl groups is 2. The van der Waals surface area contributed by atoms with Crippen LogP contribution in [0.1, 0.15) is 6.23 Å². The number of aliphatic hydroxyl groups excluding tert-OH is 2. The molecule has 1 fully saturated rings. The van der Waals surface area contributed by atoms with Gasteiger partial charge >= 0.3 is 0 Å². The summed E-state index contributed by atoms with van der Waals surface area (Å²) in [6.07, 6.45) is -2.11. The van der Waals surface area contributed by atoms with Gasteiger partial charge in [-0.2, -0.15) is 0 Å². The molecule has 0 spiro atoms. The van der Waals surface area contributed by atoms with Gasteiger partial charge in [-0.15, -0.1) is 0 Å². The number of rotatable bonds is 2. The van der Waals surface area contributed by atoms with E-state index in [9.17, 15) is 9.50 Å². The Morgan fingerprint density at radius 1 is 1.47 bits per heavy atom. The smallest absolute Gasteiger partial charge is 0.164 e. The summed E-state index contributed by atoms with van der Waals surface area (Å²) < 4.78 is 20.5. The lowest BCUT2D eigenvalue weighted by Gasteiger charge is -2.16. The van der Waals surface area contributed by atoms with Gasteiger partial charge in [0.1, 0.15) is 17.7 Å². The summed E-state index contributed by atoms with van der Waals surface area (Å²) in [5, 5.41) is 18.8. The van der Waals surface area contributed by atoms with Gasteiger partial charge in [-0.25, -0.2) is 14.4 Å². The fourth-order valence-electron chi connectivity index (χ4n) is 2.27. The second-order valence-corrected chi connectivity index (χ2v) is 4.40. The maximum absolute atomic E-state index is 13.7. The number of imidazole rings is 1. The van der Waals surface area contributed by atoms with Crippen molar-refractivity contribution in [3.8, 4) is 0 Å². The molecule has 0 bridgehead atoms. The van der Waals surface area contributed by atoms with E-state index in [4.69, 9.17) is 15.6 Å². The highest BCUT2D eigenvalue weighted by atomic mass is 19.1. The quantitative estimate of drug-likeness (QED) is 0.684. The minimum atomic E-state index is -1.65. The van der Waals surface area contributed by atoms with Gasteiger partial charge in [-0.05, 0) is 6.07 Å². The van der Waals surface area contributed by atoms with Gasteiger partial charge in [0.05, 0.1) is 18.5 Å². The third kappa shape index (κ3) is 1.76. The number of anilines is 1. The number of fused-ring (bicyclic) bond motifs is 1. The van der Waals surface area contributed by atoms with Crippen LogP contribution in [-0.2, 0) is 4.74 Å². The van der Waals surface area contributed by atoms with Gasteiger partial charge in [0.15, 0.2) is 18.2 Å². The molecule has 19 heavy (non-hydrogen) atoms. The number of nitrogen functional groups attached to an aromatic ring is 1. The first kappa shape index (κ1) is 12.3. The third-order valence-corrected chi connectivity index (χ3v) is 3.26. The lowest BCUT2D eigenvalue weighted by atomic mass is 10.1. The number of aromatic nitrogens is 3. The monoisotopic (exact) mass is 268 g/mol. The highest BCUT2D eigenvalue weighted by Crippen LogP contribution is 2.33. The minimum Gasteiger partial charge on any atom is -0.394 e. The zero-order chi connectivity index (χ0) is 13.6. The lowest BCUT2D eigenvalue weighted by molar-refractivity contribution is -0.0493. The van der Waals surface area contributed by atoms with Crippen LogP contribution < -0.4 is 5.73 Å². The van der Waals surface area contributed by atoms with Crippen molar-refractivity contribution in [3.05, 3.63) is 18.6 Å². The number of alkyl halides is 1. The van der Waals surface area contributed by atoms with Crippen LogP contribution in [0.3, 0.4) is 0 Å². The maximum Gasteiger partial charge on any atom is 0.164 e. The van der Waals surface area contributed by atoms with E-state index < -0.39 is 31.2 Å². The number of hydrogen-bond acceptors (Lipinski definition) is 6. The summed E-state index contributed by atoms with van der Waals surface area (Å²) in [5.74, 6) is 0.249. The molecule has 0 aliphatic carbocycles. The molecule has 1 aliphatic rings. The molecular weight excluding hydrogens is 255 g/mol. The molecule has 1 saturated heterocycles. The zero-order valence-electron chi connectivity index (χ0n) is 9.85. The highest BCUT2D eigenvalue weighted by Gasteiger charge is 2.45. The molecule has 4 unspecified atom stereocenters. The number of ether oxygens (including phenoxy) is 1. The van der Waals surface area contributed by atoms with Gasteiger partial charge in [0.2, 0.25) is 0 Å². The van der Waals surface area contributed by atoms with Gasteiger partial charge in [-0.1, -0.05) is 0 Å². The molecule has 0 radical (unpaired) electrons. The molecule has 2 aromatic heterocycles. The van der Waals surface area contributed by atoms with E-state index in [1.165, 1.54) is 17.1 Å². The Morgan fingerprint density at radius 3 is 2.95 bits per heavy atom. The SMILES string of the molecule is Nc1nccc2c1ncn2C1OC(CO)C(F)C1O. The van der Waals surface area contributed by atoms with Crippen molar-refractivity contribution >= 4 is 16.9 Å². The molecule has 3 heterocycles. The first-order valence-electron chi connectivity index (χ1n) is 5.79. The van der Waals surface area contributed by atoms with Gasteiger partial charge in [0, 0.05) is 6.20 Å². The standard InChI is InChI=1S/C11H13FN4O3/c12-7-6(3-17)19-11(9(7)18)16-4-15-8-5(16)1-2-14-10(8)13/h1-2,4,6-7,9,11,17-18H,3H2,(H2,13,14). The van der Waals surface area contributed by atoms with Crippen molar-refractivity contribution in [2.24, 2.45) is 0 Å². The molecule has 3 rings (SSSR count). The van der Waals surface area contributed by atoms with Gasteiger partial charge in [0.25, 0.3) is 0 Å². The van der Waals surface area contributed by atoms with E-state index in [0.29, 0.717) is 11.0 Å². The predicted molar refractivity (Wildman–Crippen MR) is 63.8 cm³/mol. The second kappa shape index (κ2) is 4.41. The fraction of sp³-hybridized carbons (Fsp3) is 0.455. The fourth-order valence-corrected chi connectivity index (χ4v) is 2.27. The average Bonchev–Trinajstić information content (AvgIpc) is 2.94. The number of nitrogens with two attached hydrogens (primary N) is 1. The van der Waals surface area contributed by atoms with Crippen LogP contribution >= 0.6 is 0 Å². The Kier molecular flexibility index (Phi) is 2.85. The molecule has 2 aromatic rings. The highest BCUT2D eigenvalue weighted by molar-refractivity contribution is 5.84. The van der Waals surface area contributed by atoms with Crippen LogP contribution in [-0.4, -0.2) is 49.7 Å². The minimum absolute atomic E-state index is 0.249. The summed E-state index contributed by atoms with van der Waals surface area (Å²) in [5.41, 5.74) is 6.72. The van der Waals surface area contributed by atoms with E-state index in [1.807, 2.05) is 0 Å². The Hall–Kier alpha value is -1.77. The molecule has 1 aliphatic heterocycles. The Labute approximate surface area is 107 Å². The van der Waals surface area contributed by atoms with Crippen LogP contribution in [0.5, 0.6) is 0 Å². The topological polar surface area (TPSA) is 106 Å². The van der Waals surface area contributed by atoms with Gasteiger partial charge in [-0.3, -0.25) is 0 Å². The zero-order valence-corrected chi connectivity index (χ0v) is 9.85. The molecule has 4 N–H and O–H groups in total. The molecule has 7 nitrogen and oxygen atoms in total. The third-order valence-electron chi connectivity index (χ3n) is 3.26. The molecule has 0 saturated carbocycles. The second-order valence-electron chi connectivity index (χ2n) is 4.40. The number of pyridine rings is 1. The van der Waals surface area contributed by atoms with Crippen molar-refractivity contribution in [3.63, 3.8) is 0 Å². The van der Waals surface area contributed by atoms with Crippen molar-refractivity contribution in [1.29, 1.82) is 0 Å². The Morgan fingerprint density at radius 2 is 2.26 bits per heavy atom. The molecule has 8 heteroatoms. The molecule has 0 aromatic carbocycles. The van der Waals surface area contributed by atoms with Gasteiger partial charge < -0.3 is 25.3 Å². The van der Waals surface area contributed by atoms with Crippen LogP contribution in [0.4, 0.5) is 10.2 Å². The number of halogens is 1. The summed E-state index contributed by atoms with van der Waals surface area (Å²) >= 11 is 0.